The van der Waals surface area contributed by atoms with Crippen molar-refractivity contribution in [2.45, 2.75) is 33.2 Å². The van der Waals surface area contributed by atoms with E-state index in [1.165, 1.54) is 0 Å². The van der Waals surface area contributed by atoms with E-state index in [0.717, 1.165) is 12.1 Å². The number of anilines is 2. The number of nitriles is 1. The van der Waals surface area contributed by atoms with Gasteiger partial charge < -0.3 is 11.1 Å². The fraction of sp³-hybridized carbons (Fsp3) is 0.462. The zero-order valence-electron chi connectivity index (χ0n) is 10.1. The fourth-order valence-corrected chi connectivity index (χ4v) is 1.50. The Morgan fingerprint density at radius 2 is 2.12 bits per heavy atom. The first-order chi connectivity index (χ1) is 7.58. The summed E-state index contributed by atoms with van der Waals surface area (Å²) in [5.41, 5.74) is 8.01. The third-order valence-corrected chi connectivity index (χ3v) is 3.06. The highest BCUT2D eigenvalue weighted by Crippen LogP contribution is 2.22. The van der Waals surface area contributed by atoms with Gasteiger partial charge in [-0.05, 0) is 31.0 Å². The van der Waals surface area contributed by atoms with Gasteiger partial charge in [-0.2, -0.15) is 5.26 Å². The molecule has 0 heterocycles. The number of nitrogens with one attached hydrogen (secondary N) is 1. The van der Waals surface area contributed by atoms with Gasteiger partial charge in [0.2, 0.25) is 0 Å². The second-order valence-electron chi connectivity index (χ2n) is 4.23. The Morgan fingerprint density at radius 1 is 1.44 bits per heavy atom. The largest absolute Gasteiger partial charge is 0.397 e. The molecule has 2 atom stereocenters. The third-order valence-electron chi connectivity index (χ3n) is 3.06. The van der Waals surface area contributed by atoms with E-state index in [9.17, 15) is 0 Å². The summed E-state index contributed by atoms with van der Waals surface area (Å²) in [6, 6.07) is 7.80. The molecule has 2 unspecified atom stereocenters. The van der Waals surface area contributed by atoms with Crippen LogP contribution < -0.4 is 11.1 Å². The highest BCUT2D eigenvalue weighted by molar-refractivity contribution is 5.68. The van der Waals surface area contributed by atoms with Crippen LogP contribution in [0, 0.1) is 17.2 Å². The lowest BCUT2D eigenvalue weighted by Gasteiger charge is -2.22. The third kappa shape index (κ3) is 2.90. The molecule has 86 valence electrons. The van der Waals surface area contributed by atoms with E-state index >= 15 is 0 Å². The zero-order valence-corrected chi connectivity index (χ0v) is 10.1. The monoisotopic (exact) mass is 217 g/mol. The van der Waals surface area contributed by atoms with Crippen molar-refractivity contribution in [3.63, 3.8) is 0 Å². The number of rotatable bonds is 4. The molecule has 0 spiro atoms. The maximum Gasteiger partial charge on any atom is 0.0992 e. The topological polar surface area (TPSA) is 61.8 Å². The van der Waals surface area contributed by atoms with Crippen LogP contribution in [0.3, 0.4) is 0 Å². The summed E-state index contributed by atoms with van der Waals surface area (Å²) >= 11 is 0. The quantitative estimate of drug-likeness (QED) is 0.762. The second-order valence-corrected chi connectivity index (χ2v) is 4.23. The summed E-state index contributed by atoms with van der Waals surface area (Å²) in [7, 11) is 0. The maximum atomic E-state index is 8.74. The number of nitrogen functional groups attached to an aromatic ring is 1. The molecule has 1 aromatic carbocycles. The Balaban J connectivity index is 2.79. The van der Waals surface area contributed by atoms with Gasteiger partial charge in [0, 0.05) is 6.04 Å². The summed E-state index contributed by atoms with van der Waals surface area (Å²) in [6.07, 6.45) is 1.13. The number of nitrogens with two attached hydrogens (primary N) is 1. The SMILES string of the molecule is CCC(C)C(C)Nc1ccc(C#N)cc1N. The van der Waals surface area contributed by atoms with Crippen molar-refractivity contribution in [3.05, 3.63) is 23.8 Å². The first-order valence-corrected chi connectivity index (χ1v) is 5.64. The van der Waals surface area contributed by atoms with Crippen molar-refractivity contribution >= 4 is 11.4 Å². The van der Waals surface area contributed by atoms with Crippen LogP contribution in [0.25, 0.3) is 0 Å². The summed E-state index contributed by atoms with van der Waals surface area (Å²) in [5.74, 6) is 0.593. The van der Waals surface area contributed by atoms with E-state index in [-0.39, 0.29) is 0 Å². The van der Waals surface area contributed by atoms with Gasteiger partial charge >= 0.3 is 0 Å². The molecule has 1 rings (SSSR count). The Kier molecular flexibility index (Phi) is 4.19. The van der Waals surface area contributed by atoms with Crippen LogP contribution in [-0.2, 0) is 0 Å². The average molecular weight is 217 g/mol. The first kappa shape index (κ1) is 12.4. The highest BCUT2D eigenvalue weighted by Gasteiger charge is 2.11. The predicted octanol–water partition coefficient (Wildman–Crippen LogP) is 2.99. The van der Waals surface area contributed by atoms with Gasteiger partial charge in [0.1, 0.15) is 0 Å². The Labute approximate surface area is 97.3 Å². The molecular weight excluding hydrogens is 198 g/mol. The molecule has 0 fully saturated rings. The molecule has 3 nitrogen and oxygen atoms in total. The molecule has 0 aliphatic rings. The Hall–Kier alpha value is -1.69. The first-order valence-electron chi connectivity index (χ1n) is 5.64. The molecule has 1 aromatic rings. The van der Waals surface area contributed by atoms with Crippen molar-refractivity contribution in [2.24, 2.45) is 5.92 Å². The predicted molar refractivity (Wildman–Crippen MR) is 68.1 cm³/mol. The van der Waals surface area contributed by atoms with Crippen LogP contribution in [0.1, 0.15) is 32.8 Å². The number of hydrogen-bond acceptors (Lipinski definition) is 3. The van der Waals surface area contributed by atoms with Gasteiger partial charge in [-0.3, -0.25) is 0 Å². The van der Waals surface area contributed by atoms with E-state index in [4.69, 9.17) is 11.0 Å². The molecule has 0 aliphatic carbocycles. The van der Waals surface area contributed by atoms with Crippen molar-refractivity contribution in [1.29, 1.82) is 5.26 Å². The van der Waals surface area contributed by atoms with Crippen molar-refractivity contribution < 1.29 is 0 Å². The Morgan fingerprint density at radius 3 is 2.62 bits per heavy atom. The molecule has 0 radical (unpaired) electrons. The van der Waals surface area contributed by atoms with Crippen LogP contribution in [0.2, 0.25) is 0 Å². The van der Waals surface area contributed by atoms with Crippen LogP contribution in [-0.4, -0.2) is 6.04 Å². The number of nitrogens with zero attached hydrogens (tertiary/aromatic N) is 1. The van der Waals surface area contributed by atoms with E-state index in [2.05, 4.69) is 32.2 Å². The summed E-state index contributed by atoms with van der Waals surface area (Å²) < 4.78 is 0. The lowest BCUT2D eigenvalue weighted by atomic mass is 10.0. The van der Waals surface area contributed by atoms with Crippen LogP contribution in [0.4, 0.5) is 11.4 Å². The van der Waals surface area contributed by atoms with Gasteiger partial charge in [-0.25, -0.2) is 0 Å². The fourth-order valence-electron chi connectivity index (χ4n) is 1.50. The number of hydrogen-bond donors (Lipinski definition) is 2. The zero-order chi connectivity index (χ0) is 12.1. The summed E-state index contributed by atoms with van der Waals surface area (Å²) in [5, 5.41) is 12.1. The Bertz CT molecular complexity index is 393. The molecule has 0 aromatic heterocycles. The molecule has 0 saturated carbocycles. The minimum Gasteiger partial charge on any atom is -0.397 e. The van der Waals surface area contributed by atoms with Crippen LogP contribution in [0.15, 0.2) is 18.2 Å². The van der Waals surface area contributed by atoms with E-state index in [0.29, 0.717) is 23.2 Å². The summed E-state index contributed by atoms with van der Waals surface area (Å²) in [4.78, 5) is 0. The maximum absolute atomic E-state index is 8.74. The van der Waals surface area contributed by atoms with Gasteiger partial charge in [0.05, 0.1) is 23.0 Å². The van der Waals surface area contributed by atoms with Crippen molar-refractivity contribution in [2.75, 3.05) is 11.1 Å². The molecule has 3 N–H and O–H groups in total. The van der Waals surface area contributed by atoms with Gasteiger partial charge in [-0.1, -0.05) is 20.3 Å². The molecule has 0 bridgehead atoms. The lowest BCUT2D eigenvalue weighted by molar-refractivity contribution is 0.495. The molecule has 0 amide bonds. The number of benzene rings is 1. The van der Waals surface area contributed by atoms with E-state index in [1.54, 1.807) is 12.1 Å². The van der Waals surface area contributed by atoms with E-state index in [1.807, 2.05) is 6.07 Å². The molecule has 16 heavy (non-hydrogen) atoms. The van der Waals surface area contributed by atoms with E-state index < -0.39 is 0 Å². The molecular formula is C13H19N3. The van der Waals surface area contributed by atoms with Crippen LogP contribution >= 0.6 is 0 Å². The smallest absolute Gasteiger partial charge is 0.0992 e. The van der Waals surface area contributed by atoms with Gasteiger partial charge in [0.25, 0.3) is 0 Å². The summed E-state index contributed by atoms with van der Waals surface area (Å²) in [6.45, 7) is 6.52. The van der Waals surface area contributed by atoms with Crippen LogP contribution in [0.5, 0.6) is 0 Å². The molecule has 0 saturated heterocycles. The molecule has 3 heteroatoms. The normalized spacial score (nSPS) is 13.9. The second kappa shape index (κ2) is 5.41. The minimum absolute atomic E-state index is 0.375. The lowest BCUT2D eigenvalue weighted by Crippen LogP contribution is -2.23. The van der Waals surface area contributed by atoms with Gasteiger partial charge in [0.15, 0.2) is 0 Å². The van der Waals surface area contributed by atoms with Gasteiger partial charge in [-0.15, -0.1) is 0 Å². The minimum atomic E-state index is 0.375. The molecule has 0 aliphatic heterocycles. The van der Waals surface area contributed by atoms with Crippen molar-refractivity contribution in [1.82, 2.24) is 0 Å². The average Bonchev–Trinajstić information content (AvgIpc) is 2.30. The van der Waals surface area contributed by atoms with Crippen molar-refractivity contribution in [3.8, 4) is 6.07 Å². The standard InChI is InChI=1S/C13H19N3/c1-4-9(2)10(3)16-13-6-5-11(8-14)7-12(13)15/h5-7,9-10,16H,4,15H2,1-3H3. The highest BCUT2D eigenvalue weighted by atomic mass is 14.9.